The van der Waals surface area contributed by atoms with E-state index in [4.69, 9.17) is 13.9 Å². The molecule has 1 N–H and O–H groups in total. The molecule has 23 heavy (non-hydrogen) atoms. The fraction of sp³-hybridized carbons (Fsp3) is 0.400. The number of carbonyl (C=O) groups is 1. The Bertz CT molecular complexity index is 638. The van der Waals surface area contributed by atoms with Crippen LogP contribution in [-0.4, -0.2) is 42.6 Å². The van der Waals surface area contributed by atoms with Gasteiger partial charge in [0.25, 0.3) is 5.22 Å². The van der Waals surface area contributed by atoms with Crippen LogP contribution in [0.4, 0.5) is 0 Å². The van der Waals surface area contributed by atoms with Crippen LogP contribution in [0.5, 0.6) is 11.5 Å². The Kier molecular flexibility index (Phi) is 6.28. The summed E-state index contributed by atoms with van der Waals surface area (Å²) in [6.07, 6.45) is 0.902. The van der Waals surface area contributed by atoms with E-state index in [2.05, 4.69) is 15.5 Å². The molecule has 7 nitrogen and oxygen atoms in total. The van der Waals surface area contributed by atoms with Crippen LogP contribution in [-0.2, 0) is 4.79 Å². The molecule has 2 rings (SSSR count). The van der Waals surface area contributed by atoms with Crippen molar-refractivity contribution in [3.63, 3.8) is 0 Å². The first kappa shape index (κ1) is 17.1. The lowest BCUT2D eigenvalue weighted by molar-refractivity contribution is -0.118. The maximum Gasteiger partial charge on any atom is 0.277 e. The summed E-state index contributed by atoms with van der Waals surface area (Å²) < 4.78 is 16.0. The van der Waals surface area contributed by atoms with Gasteiger partial charge in [0, 0.05) is 18.2 Å². The van der Waals surface area contributed by atoms with Gasteiger partial charge in [-0.3, -0.25) is 4.79 Å². The van der Waals surface area contributed by atoms with Gasteiger partial charge in [-0.1, -0.05) is 18.7 Å². The van der Waals surface area contributed by atoms with Gasteiger partial charge in [-0.15, -0.1) is 10.2 Å². The quantitative estimate of drug-likeness (QED) is 0.740. The van der Waals surface area contributed by atoms with Crippen molar-refractivity contribution in [3.8, 4) is 23.0 Å². The molecule has 0 aliphatic heterocycles. The van der Waals surface area contributed by atoms with Crippen LogP contribution in [0, 0.1) is 0 Å². The summed E-state index contributed by atoms with van der Waals surface area (Å²) in [7, 11) is 3.14. The van der Waals surface area contributed by atoms with Crippen LogP contribution in [0.2, 0.25) is 0 Å². The van der Waals surface area contributed by atoms with Gasteiger partial charge in [0.15, 0.2) is 0 Å². The van der Waals surface area contributed by atoms with Crippen molar-refractivity contribution < 1.29 is 18.7 Å². The normalized spacial score (nSPS) is 10.4. The molecule has 2 aromatic rings. The van der Waals surface area contributed by atoms with E-state index in [1.165, 1.54) is 11.8 Å². The topological polar surface area (TPSA) is 86.5 Å². The number of nitrogens with zero attached hydrogens (tertiary/aromatic N) is 2. The van der Waals surface area contributed by atoms with Crippen LogP contribution in [0.25, 0.3) is 11.5 Å². The zero-order valence-electron chi connectivity index (χ0n) is 13.3. The number of carbonyl (C=O) groups excluding carboxylic acids is 1. The summed E-state index contributed by atoms with van der Waals surface area (Å²) in [4.78, 5) is 11.6. The minimum Gasteiger partial charge on any atom is -0.497 e. The van der Waals surface area contributed by atoms with Crippen molar-refractivity contribution in [2.45, 2.75) is 18.6 Å². The molecule has 0 bridgehead atoms. The number of aromatic nitrogens is 2. The second kappa shape index (κ2) is 8.42. The molecule has 0 unspecified atom stereocenters. The second-order valence-corrected chi connectivity index (χ2v) is 5.54. The van der Waals surface area contributed by atoms with E-state index in [-0.39, 0.29) is 11.7 Å². The highest BCUT2D eigenvalue weighted by Crippen LogP contribution is 2.30. The molecule has 0 aliphatic carbocycles. The molecular formula is C15H19N3O4S. The second-order valence-electron chi connectivity index (χ2n) is 4.61. The Morgan fingerprint density at radius 3 is 2.52 bits per heavy atom. The lowest BCUT2D eigenvalue weighted by Crippen LogP contribution is -2.25. The van der Waals surface area contributed by atoms with Gasteiger partial charge >= 0.3 is 0 Å². The number of nitrogens with one attached hydrogen (secondary N) is 1. The van der Waals surface area contributed by atoms with Crippen molar-refractivity contribution in [2.24, 2.45) is 0 Å². The SMILES string of the molecule is CCCNC(=O)CSc1nnc(-c2cc(OC)cc(OC)c2)o1. The van der Waals surface area contributed by atoms with Gasteiger partial charge in [-0.25, -0.2) is 0 Å². The van der Waals surface area contributed by atoms with Crippen molar-refractivity contribution in [2.75, 3.05) is 26.5 Å². The molecule has 124 valence electrons. The Morgan fingerprint density at radius 1 is 1.22 bits per heavy atom. The minimum absolute atomic E-state index is 0.0559. The average Bonchev–Trinajstić information content (AvgIpc) is 3.06. The van der Waals surface area contributed by atoms with Gasteiger partial charge in [-0.05, 0) is 18.6 Å². The first-order valence-electron chi connectivity index (χ1n) is 7.12. The molecule has 8 heteroatoms. The third-order valence-corrected chi connectivity index (χ3v) is 3.72. The molecule has 1 aromatic heterocycles. The maximum absolute atomic E-state index is 11.6. The first-order valence-corrected chi connectivity index (χ1v) is 8.11. The van der Waals surface area contributed by atoms with Gasteiger partial charge in [-0.2, -0.15) is 0 Å². The summed E-state index contributed by atoms with van der Waals surface area (Å²) >= 11 is 1.20. The van der Waals surface area contributed by atoms with Gasteiger partial charge in [0.2, 0.25) is 11.8 Å². The van der Waals surface area contributed by atoms with E-state index in [0.29, 0.717) is 34.7 Å². The summed E-state index contributed by atoms with van der Waals surface area (Å²) in [5, 5.41) is 11.1. The van der Waals surface area contributed by atoms with E-state index in [1.54, 1.807) is 32.4 Å². The third-order valence-electron chi connectivity index (χ3n) is 2.90. The average molecular weight is 337 g/mol. The number of ether oxygens (including phenoxy) is 2. The van der Waals surface area contributed by atoms with Crippen LogP contribution >= 0.6 is 11.8 Å². The van der Waals surface area contributed by atoms with E-state index >= 15 is 0 Å². The molecule has 0 saturated carbocycles. The highest BCUT2D eigenvalue weighted by Gasteiger charge is 2.13. The van der Waals surface area contributed by atoms with Crippen molar-refractivity contribution in [1.29, 1.82) is 0 Å². The Hall–Kier alpha value is -2.22. The molecule has 1 aromatic carbocycles. The first-order chi connectivity index (χ1) is 11.2. The van der Waals surface area contributed by atoms with Crippen molar-refractivity contribution >= 4 is 17.7 Å². The molecule has 0 radical (unpaired) electrons. The summed E-state index contributed by atoms with van der Waals surface area (Å²) in [6, 6.07) is 5.31. The maximum atomic E-state index is 11.6. The van der Waals surface area contributed by atoms with Gasteiger partial charge in [0.1, 0.15) is 11.5 Å². The number of methoxy groups -OCH3 is 2. The van der Waals surface area contributed by atoms with Crippen molar-refractivity contribution in [3.05, 3.63) is 18.2 Å². The standard InChI is InChI=1S/C15H19N3O4S/c1-4-5-16-13(19)9-23-15-18-17-14(22-15)10-6-11(20-2)8-12(7-10)21-3/h6-8H,4-5,9H2,1-3H3,(H,16,19). The van der Waals surface area contributed by atoms with Crippen LogP contribution in [0.1, 0.15) is 13.3 Å². The summed E-state index contributed by atoms with van der Waals surface area (Å²) in [5.74, 6) is 1.79. The molecule has 0 atom stereocenters. The largest absolute Gasteiger partial charge is 0.497 e. The van der Waals surface area contributed by atoms with Crippen LogP contribution in [0.3, 0.4) is 0 Å². The molecule has 0 spiro atoms. The third kappa shape index (κ3) is 4.88. The Balaban J connectivity index is 2.05. The number of benzene rings is 1. The van der Waals surface area contributed by atoms with E-state index in [9.17, 15) is 4.79 Å². The predicted octanol–water partition coefficient (Wildman–Crippen LogP) is 2.37. The fourth-order valence-corrected chi connectivity index (χ4v) is 2.35. The molecule has 0 aliphatic rings. The lowest BCUT2D eigenvalue weighted by Gasteiger charge is -2.05. The molecule has 0 saturated heterocycles. The molecule has 1 amide bonds. The molecule has 0 fully saturated rings. The Morgan fingerprint density at radius 2 is 1.91 bits per heavy atom. The van der Waals surface area contributed by atoms with E-state index in [0.717, 1.165) is 6.42 Å². The zero-order valence-corrected chi connectivity index (χ0v) is 14.1. The Labute approximate surface area is 138 Å². The van der Waals surface area contributed by atoms with Gasteiger partial charge in [0.05, 0.1) is 20.0 Å². The predicted molar refractivity (Wildman–Crippen MR) is 86.9 cm³/mol. The van der Waals surface area contributed by atoms with Gasteiger partial charge < -0.3 is 19.2 Å². The summed E-state index contributed by atoms with van der Waals surface area (Å²) in [5.41, 5.74) is 0.691. The van der Waals surface area contributed by atoms with E-state index in [1.807, 2.05) is 6.92 Å². The number of hydrogen-bond donors (Lipinski definition) is 1. The number of amides is 1. The zero-order chi connectivity index (χ0) is 16.7. The molecule has 1 heterocycles. The highest BCUT2D eigenvalue weighted by atomic mass is 32.2. The molecular weight excluding hydrogens is 318 g/mol. The highest BCUT2D eigenvalue weighted by molar-refractivity contribution is 7.99. The van der Waals surface area contributed by atoms with E-state index < -0.39 is 0 Å². The number of thioether (sulfide) groups is 1. The monoisotopic (exact) mass is 337 g/mol. The lowest BCUT2D eigenvalue weighted by atomic mass is 10.2. The van der Waals surface area contributed by atoms with Crippen LogP contribution < -0.4 is 14.8 Å². The minimum atomic E-state index is -0.0559. The summed E-state index contributed by atoms with van der Waals surface area (Å²) in [6.45, 7) is 2.66. The number of hydrogen-bond acceptors (Lipinski definition) is 7. The van der Waals surface area contributed by atoms with Crippen LogP contribution in [0.15, 0.2) is 27.8 Å². The number of rotatable bonds is 8. The fourth-order valence-electron chi connectivity index (χ4n) is 1.76. The smallest absolute Gasteiger partial charge is 0.277 e. The van der Waals surface area contributed by atoms with Crippen molar-refractivity contribution in [1.82, 2.24) is 15.5 Å².